The van der Waals surface area contributed by atoms with Gasteiger partial charge in [-0.1, -0.05) is 19.9 Å². The third-order valence-corrected chi connectivity index (χ3v) is 5.62. The van der Waals surface area contributed by atoms with E-state index in [0.717, 1.165) is 11.1 Å². The Hall–Kier alpha value is -4.08. The van der Waals surface area contributed by atoms with Gasteiger partial charge in [-0.25, -0.2) is 19.2 Å². The van der Waals surface area contributed by atoms with Gasteiger partial charge in [-0.15, -0.1) is 0 Å². The lowest BCUT2D eigenvalue weighted by Crippen LogP contribution is -2.39. The first-order chi connectivity index (χ1) is 18.0. The molecule has 0 spiro atoms. The van der Waals surface area contributed by atoms with E-state index < -0.39 is 11.4 Å². The summed E-state index contributed by atoms with van der Waals surface area (Å²) in [6.45, 7) is 12.4. The highest BCUT2D eigenvalue weighted by Crippen LogP contribution is 2.23. The third-order valence-electron chi connectivity index (χ3n) is 5.62. The summed E-state index contributed by atoms with van der Waals surface area (Å²) in [5.41, 5.74) is 3.33. The molecule has 0 bridgehead atoms. The number of amides is 2. The first-order valence-electron chi connectivity index (χ1n) is 12.6. The van der Waals surface area contributed by atoms with Crippen LogP contribution in [-0.4, -0.2) is 55.9 Å². The summed E-state index contributed by atoms with van der Waals surface area (Å²) in [6, 6.07) is 5.01. The van der Waals surface area contributed by atoms with Crippen molar-refractivity contribution in [3.63, 3.8) is 0 Å². The van der Waals surface area contributed by atoms with Crippen molar-refractivity contribution in [2.75, 3.05) is 13.1 Å². The number of hydrogen-bond acceptors (Lipinski definition) is 4. The van der Waals surface area contributed by atoms with E-state index in [1.807, 2.05) is 70.6 Å². The topological polar surface area (TPSA) is 93.6 Å². The lowest BCUT2D eigenvalue weighted by atomic mass is 10.0. The monoisotopic (exact) mass is 522 g/mol. The van der Waals surface area contributed by atoms with Gasteiger partial charge in [0.25, 0.3) is 0 Å². The zero-order chi connectivity index (χ0) is 28.0. The highest BCUT2D eigenvalue weighted by molar-refractivity contribution is 6.02. The van der Waals surface area contributed by atoms with Crippen LogP contribution in [0.2, 0.25) is 0 Å². The average molecular weight is 523 g/mol. The molecule has 3 aromatic heterocycles. The number of carbonyl (C=O) groups excluding carboxylic acids is 2. The molecule has 0 aromatic carbocycles. The van der Waals surface area contributed by atoms with Crippen LogP contribution in [-0.2, 0) is 16.6 Å². The SMILES string of the molecule is CC.Cc1cn2cc(C(=NC=O)N=c3ccc(C4=CCN(C(=O)OC(C)(C)C)CC4)cn3C)cc(F)c2n1. The molecular weight excluding hydrogens is 487 g/mol. The molecule has 4 heterocycles. The van der Waals surface area contributed by atoms with E-state index in [1.165, 1.54) is 6.07 Å². The normalized spacial score (nSPS) is 14.6. The number of amidine groups is 1. The number of pyridine rings is 2. The minimum absolute atomic E-state index is 0.0883. The third kappa shape index (κ3) is 6.81. The molecule has 202 valence electrons. The summed E-state index contributed by atoms with van der Waals surface area (Å²) in [5.74, 6) is -0.441. The van der Waals surface area contributed by atoms with Crippen molar-refractivity contribution in [1.29, 1.82) is 0 Å². The predicted octanol–water partition coefficient (Wildman–Crippen LogP) is 4.67. The molecule has 0 N–H and O–H groups in total. The number of hydrogen-bond donors (Lipinski definition) is 0. The zero-order valence-corrected chi connectivity index (χ0v) is 23.0. The molecule has 0 fully saturated rings. The van der Waals surface area contributed by atoms with E-state index in [2.05, 4.69) is 15.0 Å². The van der Waals surface area contributed by atoms with E-state index in [1.54, 1.807) is 28.6 Å². The van der Waals surface area contributed by atoms with Crippen molar-refractivity contribution in [2.24, 2.45) is 17.0 Å². The second kappa shape index (κ2) is 12.0. The number of carbonyl (C=O) groups is 2. The number of nitrogens with zero attached hydrogens (tertiary/aromatic N) is 6. The van der Waals surface area contributed by atoms with Gasteiger partial charge in [0.2, 0.25) is 6.41 Å². The van der Waals surface area contributed by atoms with Gasteiger partial charge in [0, 0.05) is 44.3 Å². The van der Waals surface area contributed by atoms with E-state index >= 15 is 0 Å². The quantitative estimate of drug-likeness (QED) is 0.284. The Bertz CT molecular complexity index is 1460. The zero-order valence-electron chi connectivity index (χ0n) is 23.0. The highest BCUT2D eigenvalue weighted by Gasteiger charge is 2.24. The van der Waals surface area contributed by atoms with Crippen LogP contribution in [0.4, 0.5) is 9.18 Å². The van der Waals surface area contributed by atoms with Gasteiger partial charge in [0.1, 0.15) is 11.1 Å². The van der Waals surface area contributed by atoms with E-state index in [9.17, 15) is 14.0 Å². The van der Waals surface area contributed by atoms with Gasteiger partial charge in [-0.2, -0.15) is 4.99 Å². The lowest BCUT2D eigenvalue weighted by Gasteiger charge is -2.29. The summed E-state index contributed by atoms with van der Waals surface area (Å²) in [7, 11) is 1.83. The Morgan fingerprint density at radius 3 is 2.53 bits per heavy atom. The van der Waals surface area contributed by atoms with Gasteiger partial charge in [-0.05, 0) is 63.5 Å². The van der Waals surface area contributed by atoms with Crippen LogP contribution in [0.5, 0.6) is 0 Å². The van der Waals surface area contributed by atoms with Crippen molar-refractivity contribution < 1.29 is 18.7 Å². The molecule has 4 rings (SSSR count). The predicted molar refractivity (Wildman–Crippen MR) is 145 cm³/mol. The number of aryl methyl sites for hydroxylation is 2. The molecule has 10 heteroatoms. The summed E-state index contributed by atoms with van der Waals surface area (Å²) in [5, 5.41) is 0. The number of ether oxygens (including phenoxy) is 1. The smallest absolute Gasteiger partial charge is 0.410 e. The molecular formula is C28H35FN6O3. The maximum absolute atomic E-state index is 14.6. The second-order valence-corrected chi connectivity index (χ2v) is 9.65. The first kappa shape index (κ1) is 28.5. The van der Waals surface area contributed by atoms with Gasteiger partial charge < -0.3 is 18.6 Å². The molecule has 0 unspecified atom stereocenters. The summed E-state index contributed by atoms with van der Waals surface area (Å²) >= 11 is 0. The number of aromatic nitrogens is 3. The van der Waals surface area contributed by atoms with E-state index in [4.69, 9.17) is 4.74 Å². The molecule has 0 radical (unpaired) electrons. The molecule has 0 atom stereocenters. The summed E-state index contributed by atoms with van der Waals surface area (Å²) in [4.78, 5) is 37.7. The average Bonchev–Trinajstić information content (AvgIpc) is 3.26. The van der Waals surface area contributed by atoms with E-state index in [-0.39, 0.29) is 17.6 Å². The minimum Gasteiger partial charge on any atom is -0.444 e. The van der Waals surface area contributed by atoms with Crippen molar-refractivity contribution in [3.05, 3.63) is 71.0 Å². The number of halogens is 1. The summed E-state index contributed by atoms with van der Waals surface area (Å²) in [6.07, 6.45) is 8.03. The molecule has 3 aromatic rings. The van der Waals surface area contributed by atoms with Crippen LogP contribution in [0, 0.1) is 12.7 Å². The van der Waals surface area contributed by atoms with Gasteiger partial charge in [-0.3, -0.25) is 4.79 Å². The molecule has 38 heavy (non-hydrogen) atoms. The summed E-state index contributed by atoms with van der Waals surface area (Å²) < 4.78 is 23.4. The van der Waals surface area contributed by atoms with Gasteiger partial charge >= 0.3 is 6.09 Å². The Kier molecular flexibility index (Phi) is 8.98. The fraction of sp³-hybridized carbons (Fsp3) is 0.393. The molecule has 9 nitrogen and oxygen atoms in total. The Morgan fingerprint density at radius 2 is 1.92 bits per heavy atom. The van der Waals surface area contributed by atoms with Crippen LogP contribution >= 0.6 is 0 Å². The maximum Gasteiger partial charge on any atom is 0.410 e. The molecule has 1 aliphatic heterocycles. The van der Waals surface area contributed by atoms with Crippen LogP contribution in [0.15, 0.2) is 52.9 Å². The van der Waals surface area contributed by atoms with Gasteiger partial charge in [0.05, 0.1) is 5.69 Å². The molecule has 2 amide bonds. The number of rotatable bonds is 3. The van der Waals surface area contributed by atoms with Crippen molar-refractivity contribution in [1.82, 2.24) is 18.9 Å². The number of fused-ring (bicyclic) bond motifs is 1. The lowest BCUT2D eigenvalue weighted by molar-refractivity contribution is -0.106. The standard InChI is InChI=1S/C26H29FN6O3.C2H6/c1-17-13-33-15-20(12-21(27)24(33)29-17)23(28-16-34)30-22-7-6-19(14-31(22)5)18-8-10-32(11-9-18)25(35)36-26(2,3)4;1-2/h6-8,12-16H,9-11H2,1-5H3;1-2H3. The van der Waals surface area contributed by atoms with Crippen molar-refractivity contribution >= 4 is 29.6 Å². The van der Waals surface area contributed by atoms with Crippen molar-refractivity contribution in [3.8, 4) is 0 Å². The number of imidazole rings is 1. The highest BCUT2D eigenvalue weighted by atomic mass is 19.1. The molecule has 0 saturated carbocycles. The fourth-order valence-corrected chi connectivity index (χ4v) is 3.96. The largest absolute Gasteiger partial charge is 0.444 e. The van der Waals surface area contributed by atoms with Crippen LogP contribution in [0.3, 0.4) is 0 Å². The fourth-order valence-electron chi connectivity index (χ4n) is 3.96. The van der Waals surface area contributed by atoms with E-state index in [0.29, 0.717) is 42.7 Å². The van der Waals surface area contributed by atoms with Crippen LogP contribution < -0.4 is 5.49 Å². The molecule has 1 aliphatic rings. The van der Waals surface area contributed by atoms with Gasteiger partial charge in [0.15, 0.2) is 17.3 Å². The van der Waals surface area contributed by atoms with Crippen LogP contribution in [0.1, 0.15) is 57.9 Å². The maximum atomic E-state index is 14.6. The van der Waals surface area contributed by atoms with Crippen LogP contribution in [0.25, 0.3) is 11.2 Å². The first-order valence-corrected chi connectivity index (χ1v) is 12.6. The number of aliphatic imine (C=N–C) groups is 1. The van der Waals surface area contributed by atoms with Crippen molar-refractivity contribution in [2.45, 2.75) is 53.6 Å². The second-order valence-electron chi connectivity index (χ2n) is 9.65. The molecule has 0 saturated heterocycles. The Balaban J connectivity index is 0.00000195. The minimum atomic E-state index is -0.532. The Labute approximate surface area is 222 Å². The molecule has 0 aliphatic carbocycles. The Morgan fingerprint density at radius 1 is 1.18 bits per heavy atom.